The van der Waals surface area contributed by atoms with Crippen molar-refractivity contribution in [2.75, 3.05) is 37.7 Å². The maximum absolute atomic E-state index is 6.00. The van der Waals surface area contributed by atoms with Gasteiger partial charge in [0, 0.05) is 19.6 Å². The van der Waals surface area contributed by atoms with E-state index in [0.29, 0.717) is 12.5 Å². The van der Waals surface area contributed by atoms with Gasteiger partial charge in [-0.05, 0) is 18.0 Å². The molecular formula is C13H22N4O2. The summed E-state index contributed by atoms with van der Waals surface area (Å²) in [4.78, 5) is 6.73. The van der Waals surface area contributed by atoms with Gasteiger partial charge < -0.3 is 19.9 Å². The zero-order valence-electron chi connectivity index (χ0n) is 11.3. The number of hydrogen-bond donors (Lipinski definition) is 1. The van der Waals surface area contributed by atoms with Gasteiger partial charge in [0.25, 0.3) is 5.95 Å². The number of nitrogens with zero attached hydrogens (tertiary/aromatic N) is 3. The van der Waals surface area contributed by atoms with Crippen LogP contribution < -0.4 is 10.6 Å². The third kappa shape index (κ3) is 2.47. The Morgan fingerprint density at radius 3 is 2.58 bits per heavy atom. The van der Waals surface area contributed by atoms with E-state index in [9.17, 15) is 0 Å². The van der Waals surface area contributed by atoms with E-state index >= 15 is 0 Å². The average molecular weight is 266 g/mol. The Kier molecular flexibility index (Phi) is 3.70. The van der Waals surface area contributed by atoms with Gasteiger partial charge in [-0.3, -0.25) is 0 Å². The highest BCUT2D eigenvalue weighted by atomic mass is 16.5. The molecule has 2 fully saturated rings. The van der Waals surface area contributed by atoms with Crippen LogP contribution in [0.2, 0.25) is 0 Å². The molecule has 0 atom stereocenters. The summed E-state index contributed by atoms with van der Waals surface area (Å²) in [6.07, 6.45) is 5.81. The first-order valence-corrected chi connectivity index (χ1v) is 7.21. The van der Waals surface area contributed by atoms with Gasteiger partial charge in [-0.2, -0.15) is 4.98 Å². The highest BCUT2D eigenvalue weighted by Crippen LogP contribution is 2.38. The summed E-state index contributed by atoms with van der Waals surface area (Å²) >= 11 is 0. The highest BCUT2D eigenvalue weighted by molar-refractivity contribution is 5.29. The number of morpholine rings is 1. The molecule has 1 aromatic rings. The fraction of sp³-hybridized carbons (Fsp3) is 0.846. The average Bonchev–Trinajstić information content (AvgIpc) is 2.99. The highest BCUT2D eigenvalue weighted by Gasteiger charge is 2.38. The van der Waals surface area contributed by atoms with E-state index in [4.69, 9.17) is 15.0 Å². The van der Waals surface area contributed by atoms with Crippen LogP contribution in [0.25, 0.3) is 0 Å². The van der Waals surface area contributed by atoms with Gasteiger partial charge in [-0.1, -0.05) is 19.3 Å². The molecule has 19 heavy (non-hydrogen) atoms. The molecule has 0 radical (unpaired) electrons. The van der Waals surface area contributed by atoms with Crippen LogP contribution in [0.15, 0.2) is 4.52 Å². The molecule has 1 saturated heterocycles. The van der Waals surface area contributed by atoms with E-state index in [1.807, 2.05) is 0 Å². The molecule has 0 bridgehead atoms. The minimum absolute atomic E-state index is 0.0875. The Labute approximate surface area is 113 Å². The third-order valence-electron chi connectivity index (χ3n) is 4.36. The molecule has 2 heterocycles. The van der Waals surface area contributed by atoms with Crippen molar-refractivity contribution in [3.05, 3.63) is 5.89 Å². The van der Waals surface area contributed by atoms with Crippen molar-refractivity contribution in [3.8, 4) is 0 Å². The molecule has 0 amide bonds. The van der Waals surface area contributed by atoms with Crippen molar-refractivity contribution >= 4 is 5.95 Å². The predicted octanol–water partition coefficient (Wildman–Crippen LogP) is 1.07. The summed E-state index contributed by atoms with van der Waals surface area (Å²) in [5.41, 5.74) is 5.91. The SMILES string of the molecule is NCC1(c2nc(N3CCOCC3)no2)CCCCC1. The van der Waals surface area contributed by atoms with E-state index in [1.54, 1.807) is 0 Å². The quantitative estimate of drug-likeness (QED) is 0.881. The van der Waals surface area contributed by atoms with Crippen molar-refractivity contribution < 1.29 is 9.26 Å². The number of rotatable bonds is 3. The maximum atomic E-state index is 6.00. The second kappa shape index (κ2) is 5.46. The molecule has 2 aliphatic rings. The normalized spacial score (nSPS) is 23.5. The molecular weight excluding hydrogens is 244 g/mol. The molecule has 106 valence electrons. The second-order valence-corrected chi connectivity index (χ2v) is 5.54. The van der Waals surface area contributed by atoms with Crippen LogP contribution in [0, 0.1) is 0 Å². The summed E-state index contributed by atoms with van der Waals surface area (Å²) in [5.74, 6) is 1.42. The molecule has 1 aromatic heterocycles. The topological polar surface area (TPSA) is 77.4 Å². The van der Waals surface area contributed by atoms with E-state index in [2.05, 4.69) is 15.0 Å². The van der Waals surface area contributed by atoms with E-state index < -0.39 is 0 Å². The fourth-order valence-corrected chi connectivity index (χ4v) is 3.06. The van der Waals surface area contributed by atoms with Crippen LogP contribution in [0.4, 0.5) is 5.95 Å². The van der Waals surface area contributed by atoms with Gasteiger partial charge in [0.15, 0.2) is 0 Å². The molecule has 1 aliphatic carbocycles. The monoisotopic (exact) mass is 266 g/mol. The Morgan fingerprint density at radius 2 is 1.89 bits per heavy atom. The lowest BCUT2D eigenvalue weighted by Crippen LogP contribution is -2.38. The van der Waals surface area contributed by atoms with Crippen LogP contribution in [-0.2, 0) is 10.2 Å². The smallest absolute Gasteiger partial charge is 0.266 e. The lowest BCUT2D eigenvalue weighted by molar-refractivity contribution is 0.121. The Hall–Kier alpha value is -1.14. The molecule has 1 saturated carbocycles. The molecule has 6 nitrogen and oxygen atoms in total. The van der Waals surface area contributed by atoms with Gasteiger partial charge >= 0.3 is 0 Å². The van der Waals surface area contributed by atoms with Gasteiger partial charge in [0.1, 0.15) is 0 Å². The van der Waals surface area contributed by atoms with E-state index in [0.717, 1.165) is 45.0 Å². The van der Waals surface area contributed by atoms with Crippen LogP contribution in [0.1, 0.15) is 38.0 Å². The standard InChI is InChI=1S/C13H22N4O2/c14-10-13(4-2-1-3-5-13)11-15-12(16-19-11)17-6-8-18-9-7-17/h1-10,14H2. The van der Waals surface area contributed by atoms with Crippen molar-refractivity contribution in [2.24, 2.45) is 5.73 Å². The van der Waals surface area contributed by atoms with E-state index in [1.165, 1.54) is 19.3 Å². The Morgan fingerprint density at radius 1 is 1.16 bits per heavy atom. The van der Waals surface area contributed by atoms with Gasteiger partial charge in [0.05, 0.1) is 18.6 Å². The lowest BCUT2D eigenvalue weighted by atomic mass is 9.74. The number of hydrogen-bond acceptors (Lipinski definition) is 6. The Balaban J connectivity index is 1.79. The van der Waals surface area contributed by atoms with Gasteiger partial charge in [-0.15, -0.1) is 0 Å². The first-order chi connectivity index (χ1) is 9.34. The van der Waals surface area contributed by atoms with Crippen LogP contribution >= 0.6 is 0 Å². The maximum Gasteiger partial charge on any atom is 0.266 e. The number of ether oxygens (including phenoxy) is 1. The number of nitrogens with two attached hydrogens (primary N) is 1. The largest absolute Gasteiger partial charge is 0.378 e. The summed E-state index contributed by atoms with van der Waals surface area (Å²) < 4.78 is 10.9. The van der Waals surface area contributed by atoms with Crippen LogP contribution in [0.5, 0.6) is 0 Å². The molecule has 0 spiro atoms. The first kappa shape index (κ1) is 12.9. The minimum atomic E-state index is -0.0875. The number of aromatic nitrogens is 2. The van der Waals surface area contributed by atoms with Crippen molar-refractivity contribution in [1.29, 1.82) is 0 Å². The summed E-state index contributed by atoms with van der Waals surface area (Å²) in [6, 6.07) is 0. The number of anilines is 1. The summed E-state index contributed by atoms with van der Waals surface area (Å²) in [7, 11) is 0. The molecule has 0 unspecified atom stereocenters. The predicted molar refractivity (Wildman–Crippen MR) is 71.1 cm³/mol. The Bertz CT molecular complexity index is 409. The summed E-state index contributed by atoms with van der Waals surface area (Å²) in [6.45, 7) is 3.71. The lowest BCUT2D eigenvalue weighted by Gasteiger charge is -2.32. The van der Waals surface area contributed by atoms with Crippen molar-refractivity contribution in [3.63, 3.8) is 0 Å². The van der Waals surface area contributed by atoms with Crippen molar-refractivity contribution in [1.82, 2.24) is 10.1 Å². The van der Waals surface area contributed by atoms with Crippen molar-refractivity contribution in [2.45, 2.75) is 37.5 Å². The van der Waals surface area contributed by atoms with Gasteiger partial charge in [-0.25, -0.2) is 0 Å². The summed E-state index contributed by atoms with van der Waals surface area (Å²) in [5, 5.41) is 4.14. The molecule has 1 aliphatic heterocycles. The van der Waals surface area contributed by atoms with Crippen LogP contribution in [0.3, 0.4) is 0 Å². The van der Waals surface area contributed by atoms with Crippen LogP contribution in [-0.4, -0.2) is 43.0 Å². The minimum Gasteiger partial charge on any atom is -0.378 e. The zero-order valence-corrected chi connectivity index (χ0v) is 11.3. The third-order valence-corrected chi connectivity index (χ3v) is 4.36. The second-order valence-electron chi connectivity index (χ2n) is 5.54. The molecule has 2 N–H and O–H groups in total. The van der Waals surface area contributed by atoms with Gasteiger partial charge in [0.2, 0.25) is 5.89 Å². The molecule has 6 heteroatoms. The zero-order chi connectivity index (χ0) is 13.1. The molecule has 3 rings (SSSR count). The molecule has 0 aromatic carbocycles. The fourth-order valence-electron chi connectivity index (χ4n) is 3.06. The first-order valence-electron chi connectivity index (χ1n) is 7.21. The van der Waals surface area contributed by atoms with E-state index in [-0.39, 0.29) is 5.41 Å².